The Kier molecular flexibility index (Phi) is 4.63. The molecule has 23 heavy (non-hydrogen) atoms. The third kappa shape index (κ3) is 3.70. The molecular weight excluding hydrogens is 314 g/mol. The van der Waals surface area contributed by atoms with Crippen LogP contribution in [0.2, 0.25) is 0 Å². The summed E-state index contributed by atoms with van der Waals surface area (Å²) in [5, 5.41) is 1.88. The normalized spacial score (nSPS) is 26.4. The van der Waals surface area contributed by atoms with E-state index in [4.69, 9.17) is 5.73 Å². The number of rotatable bonds is 3. The van der Waals surface area contributed by atoms with E-state index in [-0.39, 0.29) is 11.1 Å². The van der Waals surface area contributed by atoms with Crippen LogP contribution in [0.1, 0.15) is 31.4 Å². The van der Waals surface area contributed by atoms with Crippen LogP contribution in [-0.2, 0) is 4.79 Å². The fraction of sp³-hybridized carbons (Fsp3) is 0.467. The highest BCUT2D eigenvalue weighted by Gasteiger charge is 2.26. The van der Waals surface area contributed by atoms with Crippen molar-refractivity contribution in [3.05, 3.63) is 22.9 Å². The number of carbonyl (C=O) groups excluding carboxylic acids is 2. The van der Waals surface area contributed by atoms with E-state index in [9.17, 15) is 9.59 Å². The molecule has 1 aromatic heterocycles. The zero-order chi connectivity index (χ0) is 16.4. The molecule has 2 aliphatic rings. The number of aromatic nitrogens is 2. The average molecular weight is 333 g/mol. The Balaban J connectivity index is 1.76. The lowest BCUT2D eigenvalue weighted by Gasteiger charge is -2.33. The number of nitrogens with zero attached hydrogens (tertiary/aromatic N) is 3. The van der Waals surface area contributed by atoms with Gasteiger partial charge >= 0.3 is 0 Å². The van der Waals surface area contributed by atoms with Gasteiger partial charge in [-0.25, -0.2) is 9.97 Å². The van der Waals surface area contributed by atoms with Crippen LogP contribution in [-0.4, -0.2) is 40.2 Å². The van der Waals surface area contributed by atoms with Gasteiger partial charge in [0.15, 0.2) is 0 Å². The van der Waals surface area contributed by atoms with Gasteiger partial charge in [-0.1, -0.05) is 0 Å². The molecule has 0 aromatic carbocycles. The number of hydrogen-bond acceptors (Lipinski definition) is 7. The zero-order valence-electron chi connectivity index (χ0n) is 12.9. The van der Waals surface area contributed by atoms with E-state index < -0.39 is 0 Å². The first-order valence-electron chi connectivity index (χ1n) is 7.59. The van der Waals surface area contributed by atoms with Crippen molar-refractivity contribution in [3.63, 3.8) is 0 Å². The Morgan fingerprint density at radius 3 is 2.74 bits per heavy atom. The summed E-state index contributed by atoms with van der Waals surface area (Å²) in [6.07, 6.45) is 7.35. The van der Waals surface area contributed by atoms with Crippen LogP contribution < -0.4 is 16.0 Å². The molecule has 1 aliphatic carbocycles. The minimum absolute atomic E-state index is 0.298. The molecule has 2 fully saturated rings. The number of hydrogen-bond donors (Lipinski definition) is 2. The summed E-state index contributed by atoms with van der Waals surface area (Å²) in [5.74, 6) is 0.240. The van der Waals surface area contributed by atoms with Crippen LogP contribution in [0.4, 0.5) is 10.7 Å². The maximum Gasteiger partial charge on any atom is 0.290 e. The number of imide groups is 1. The molecular formula is C15H19N5O2S. The zero-order valence-corrected chi connectivity index (χ0v) is 13.7. The Morgan fingerprint density at radius 1 is 1.35 bits per heavy atom. The molecule has 3 N–H and O–H groups in total. The first-order chi connectivity index (χ1) is 11.0. The molecule has 1 aliphatic heterocycles. The number of nitrogens with one attached hydrogen (secondary N) is 1. The molecule has 0 spiro atoms. The van der Waals surface area contributed by atoms with Gasteiger partial charge in [0.05, 0.1) is 10.6 Å². The molecule has 1 aromatic rings. The van der Waals surface area contributed by atoms with Gasteiger partial charge in [-0.05, 0) is 49.6 Å². The highest BCUT2D eigenvalue weighted by Crippen LogP contribution is 2.26. The van der Waals surface area contributed by atoms with E-state index >= 15 is 0 Å². The minimum atomic E-state index is -0.380. The van der Waals surface area contributed by atoms with Crippen LogP contribution in [0.3, 0.4) is 0 Å². The van der Waals surface area contributed by atoms with Gasteiger partial charge in [0.1, 0.15) is 0 Å². The van der Waals surface area contributed by atoms with Crippen molar-refractivity contribution < 1.29 is 9.59 Å². The smallest absolute Gasteiger partial charge is 0.290 e. The first-order valence-corrected chi connectivity index (χ1v) is 8.41. The monoisotopic (exact) mass is 333 g/mol. The molecule has 0 radical (unpaired) electrons. The Labute approximate surface area is 138 Å². The van der Waals surface area contributed by atoms with E-state index in [2.05, 4.69) is 20.2 Å². The summed E-state index contributed by atoms with van der Waals surface area (Å²) in [6.45, 7) is 0. The predicted molar refractivity (Wildman–Crippen MR) is 89.8 cm³/mol. The fourth-order valence-electron chi connectivity index (χ4n) is 2.82. The third-order valence-electron chi connectivity index (χ3n) is 4.19. The van der Waals surface area contributed by atoms with Crippen LogP contribution in [0.5, 0.6) is 0 Å². The average Bonchev–Trinajstić information content (AvgIpc) is 2.85. The third-order valence-corrected chi connectivity index (χ3v) is 5.00. The predicted octanol–water partition coefficient (Wildman–Crippen LogP) is 1.51. The molecule has 122 valence electrons. The van der Waals surface area contributed by atoms with E-state index in [1.54, 1.807) is 18.3 Å². The molecule has 7 nitrogen and oxygen atoms in total. The minimum Gasteiger partial charge on any atom is -0.341 e. The SMILES string of the molecule is CN(c1nccc(/C=C2\SC(=O)NC2=O)n1)[C@H]1CC[C@H](N)CC1. The molecule has 2 heterocycles. The molecule has 0 unspecified atom stereocenters. The van der Waals surface area contributed by atoms with Gasteiger partial charge in [-0.15, -0.1) is 0 Å². The van der Waals surface area contributed by atoms with Crippen molar-refractivity contribution in [1.82, 2.24) is 15.3 Å². The Bertz CT molecular complexity index is 655. The molecule has 0 bridgehead atoms. The van der Waals surface area contributed by atoms with Crippen molar-refractivity contribution in [2.75, 3.05) is 11.9 Å². The standard InChI is InChI=1S/C15H19N5O2S/c1-20(11-4-2-9(16)3-5-11)14-17-7-6-10(18-14)8-12-13(21)19-15(22)23-12/h6-9,11H,2-5,16H2,1H3,(H,19,21,22)/b12-8-/t9-,11-. The van der Waals surface area contributed by atoms with Crippen LogP contribution in [0, 0.1) is 0 Å². The topological polar surface area (TPSA) is 101 Å². The molecule has 8 heteroatoms. The highest BCUT2D eigenvalue weighted by molar-refractivity contribution is 8.18. The van der Waals surface area contributed by atoms with Crippen molar-refractivity contribution in [2.24, 2.45) is 5.73 Å². The second-order valence-corrected chi connectivity index (χ2v) is 6.83. The number of carbonyl (C=O) groups is 2. The van der Waals surface area contributed by atoms with Gasteiger partial charge in [0.25, 0.3) is 11.1 Å². The molecule has 3 rings (SSSR count). The maximum atomic E-state index is 11.6. The summed E-state index contributed by atoms with van der Waals surface area (Å²) >= 11 is 0.885. The lowest BCUT2D eigenvalue weighted by Crippen LogP contribution is -2.39. The van der Waals surface area contributed by atoms with Crippen LogP contribution >= 0.6 is 11.8 Å². The van der Waals surface area contributed by atoms with Crippen molar-refractivity contribution in [1.29, 1.82) is 0 Å². The molecule has 2 amide bonds. The van der Waals surface area contributed by atoms with Crippen LogP contribution in [0.15, 0.2) is 17.2 Å². The molecule has 1 saturated heterocycles. The van der Waals surface area contributed by atoms with Gasteiger partial charge < -0.3 is 10.6 Å². The summed E-state index contributed by atoms with van der Waals surface area (Å²) in [6, 6.07) is 2.40. The molecule has 0 atom stereocenters. The maximum absolute atomic E-state index is 11.6. The quantitative estimate of drug-likeness (QED) is 0.808. The molecule has 1 saturated carbocycles. The summed E-state index contributed by atoms with van der Waals surface area (Å²) in [5.41, 5.74) is 6.56. The number of anilines is 1. The number of nitrogens with two attached hydrogens (primary N) is 1. The largest absolute Gasteiger partial charge is 0.341 e. The second-order valence-electron chi connectivity index (χ2n) is 5.81. The Morgan fingerprint density at radius 2 is 2.09 bits per heavy atom. The van der Waals surface area contributed by atoms with Gasteiger partial charge in [-0.2, -0.15) is 0 Å². The number of amides is 2. The second kappa shape index (κ2) is 6.67. The van der Waals surface area contributed by atoms with Gasteiger partial charge in [-0.3, -0.25) is 14.9 Å². The van der Waals surface area contributed by atoms with E-state index in [0.29, 0.717) is 28.6 Å². The lowest BCUT2D eigenvalue weighted by atomic mass is 9.91. The fourth-order valence-corrected chi connectivity index (χ4v) is 3.49. The number of thioether (sulfide) groups is 1. The van der Waals surface area contributed by atoms with Crippen LogP contribution in [0.25, 0.3) is 6.08 Å². The first kappa shape index (κ1) is 15.9. The van der Waals surface area contributed by atoms with Gasteiger partial charge in [0, 0.05) is 25.3 Å². The van der Waals surface area contributed by atoms with Crippen molar-refractivity contribution in [3.8, 4) is 0 Å². The Hall–Kier alpha value is -1.93. The lowest BCUT2D eigenvalue weighted by molar-refractivity contribution is -0.115. The van der Waals surface area contributed by atoms with E-state index in [0.717, 1.165) is 37.4 Å². The summed E-state index contributed by atoms with van der Waals surface area (Å²) in [4.78, 5) is 34.0. The van der Waals surface area contributed by atoms with E-state index in [1.807, 2.05) is 7.05 Å². The van der Waals surface area contributed by atoms with Crippen molar-refractivity contribution >= 4 is 34.9 Å². The van der Waals surface area contributed by atoms with E-state index in [1.165, 1.54) is 0 Å². The van der Waals surface area contributed by atoms with Gasteiger partial charge in [0.2, 0.25) is 5.95 Å². The summed E-state index contributed by atoms with van der Waals surface area (Å²) in [7, 11) is 1.98. The highest BCUT2D eigenvalue weighted by atomic mass is 32.2. The van der Waals surface area contributed by atoms with Crippen molar-refractivity contribution in [2.45, 2.75) is 37.8 Å². The summed E-state index contributed by atoms with van der Waals surface area (Å²) < 4.78 is 0.